The number of hydrogen-bond donors (Lipinski definition) is 1. The van der Waals surface area contributed by atoms with E-state index in [1.165, 1.54) is 4.31 Å². The van der Waals surface area contributed by atoms with Gasteiger partial charge in [0.25, 0.3) is 0 Å². The molecule has 1 atom stereocenters. The summed E-state index contributed by atoms with van der Waals surface area (Å²) < 4.78 is 25.9. The number of carbonyl (C=O) groups is 1. The lowest BCUT2D eigenvalue weighted by Gasteiger charge is -2.30. The molecule has 152 valence electrons. The molecule has 0 aromatic heterocycles. The first kappa shape index (κ1) is 21.8. The largest absolute Gasteiger partial charge is 0.375 e. The maximum atomic E-state index is 12.7. The standard InChI is InChI=1S/C21H29N3O3S/c1-4-20(24(28(3,26)27)19-14-9-6-10-15-19)21(25)22-16-11-17-23(2)18-12-7-5-8-13-18/h5-10,12-15,20H,4,11,16-17H2,1-3H3,(H,22,25)/t20-/m1/s1. The molecule has 0 spiro atoms. The number of carbonyl (C=O) groups excluding carboxylic acids is 1. The van der Waals surface area contributed by atoms with Crippen LogP contribution in [0, 0.1) is 0 Å². The van der Waals surface area contributed by atoms with Crippen molar-refractivity contribution in [3.63, 3.8) is 0 Å². The van der Waals surface area contributed by atoms with E-state index in [4.69, 9.17) is 0 Å². The molecular formula is C21H29N3O3S. The van der Waals surface area contributed by atoms with Crippen LogP contribution in [0.1, 0.15) is 19.8 Å². The fraction of sp³-hybridized carbons (Fsp3) is 0.381. The first-order valence-electron chi connectivity index (χ1n) is 9.43. The summed E-state index contributed by atoms with van der Waals surface area (Å²) in [7, 11) is -1.58. The number of nitrogens with one attached hydrogen (secondary N) is 1. The molecule has 2 aromatic rings. The van der Waals surface area contributed by atoms with E-state index < -0.39 is 16.1 Å². The molecule has 0 saturated carbocycles. The molecule has 0 aliphatic carbocycles. The Morgan fingerprint density at radius 1 is 1.00 bits per heavy atom. The zero-order chi connectivity index (χ0) is 20.6. The van der Waals surface area contributed by atoms with Crippen molar-refractivity contribution in [3.05, 3.63) is 60.7 Å². The van der Waals surface area contributed by atoms with Crippen molar-refractivity contribution < 1.29 is 13.2 Å². The van der Waals surface area contributed by atoms with Crippen LogP contribution in [0.5, 0.6) is 0 Å². The summed E-state index contributed by atoms with van der Waals surface area (Å²) in [5, 5.41) is 2.89. The van der Waals surface area contributed by atoms with Crippen molar-refractivity contribution in [2.45, 2.75) is 25.8 Å². The van der Waals surface area contributed by atoms with Gasteiger partial charge in [-0.05, 0) is 37.1 Å². The Kier molecular flexibility index (Phi) is 7.87. The maximum absolute atomic E-state index is 12.7. The fourth-order valence-corrected chi connectivity index (χ4v) is 4.30. The van der Waals surface area contributed by atoms with E-state index in [0.29, 0.717) is 18.7 Å². The molecule has 2 rings (SSSR count). The highest BCUT2D eigenvalue weighted by Crippen LogP contribution is 2.22. The normalized spacial score (nSPS) is 12.2. The topological polar surface area (TPSA) is 69.7 Å². The third kappa shape index (κ3) is 5.99. The quantitative estimate of drug-likeness (QED) is 0.620. The van der Waals surface area contributed by atoms with Gasteiger partial charge in [0.15, 0.2) is 0 Å². The van der Waals surface area contributed by atoms with Crippen LogP contribution in [0.2, 0.25) is 0 Å². The van der Waals surface area contributed by atoms with Crippen LogP contribution in [-0.2, 0) is 14.8 Å². The van der Waals surface area contributed by atoms with Gasteiger partial charge < -0.3 is 10.2 Å². The third-order valence-corrected chi connectivity index (χ3v) is 5.69. The second-order valence-electron chi connectivity index (χ2n) is 6.72. The molecular weight excluding hydrogens is 374 g/mol. The Labute approximate surface area is 168 Å². The molecule has 0 fully saturated rings. The van der Waals surface area contributed by atoms with Gasteiger partial charge in [0, 0.05) is 25.8 Å². The Morgan fingerprint density at radius 3 is 2.04 bits per heavy atom. The van der Waals surface area contributed by atoms with Gasteiger partial charge in [-0.25, -0.2) is 8.42 Å². The summed E-state index contributed by atoms with van der Waals surface area (Å²) in [6.45, 7) is 3.09. The molecule has 0 saturated heterocycles. The van der Waals surface area contributed by atoms with Gasteiger partial charge in [0.2, 0.25) is 15.9 Å². The van der Waals surface area contributed by atoms with Gasteiger partial charge >= 0.3 is 0 Å². The molecule has 7 heteroatoms. The van der Waals surface area contributed by atoms with E-state index in [1.807, 2.05) is 50.4 Å². The third-order valence-electron chi connectivity index (χ3n) is 4.51. The van der Waals surface area contributed by atoms with Crippen LogP contribution in [0.4, 0.5) is 11.4 Å². The smallest absolute Gasteiger partial charge is 0.243 e. The second kappa shape index (κ2) is 10.1. The van der Waals surface area contributed by atoms with Crippen LogP contribution < -0.4 is 14.5 Å². The number of amides is 1. The number of benzene rings is 2. The number of sulfonamides is 1. The van der Waals surface area contributed by atoms with Crippen LogP contribution in [-0.4, -0.2) is 46.8 Å². The Balaban J connectivity index is 1.96. The lowest BCUT2D eigenvalue weighted by Crippen LogP contribution is -2.49. The van der Waals surface area contributed by atoms with E-state index in [2.05, 4.69) is 10.2 Å². The van der Waals surface area contributed by atoms with E-state index in [9.17, 15) is 13.2 Å². The van der Waals surface area contributed by atoms with Gasteiger partial charge in [0.1, 0.15) is 6.04 Å². The molecule has 0 aliphatic rings. The van der Waals surface area contributed by atoms with Crippen molar-refractivity contribution in [1.82, 2.24) is 5.32 Å². The molecule has 0 heterocycles. The van der Waals surface area contributed by atoms with Crippen LogP contribution in [0.15, 0.2) is 60.7 Å². The summed E-state index contributed by atoms with van der Waals surface area (Å²) in [6.07, 6.45) is 2.28. The highest BCUT2D eigenvalue weighted by molar-refractivity contribution is 7.92. The monoisotopic (exact) mass is 403 g/mol. The maximum Gasteiger partial charge on any atom is 0.243 e. The highest BCUT2D eigenvalue weighted by Gasteiger charge is 2.31. The van der Waals surface area contributed by atoms with Gasteiger partial charge in [-0.1, -0.05) is 43.3 Å². The van der Waals surface area contributed by atoms with Gasteiger partial charge in [-0.15, -0.1) is 0 Å². The molecule has 1 amide bonds. The number of nitrogens with zero attached hydrogens (tertiary/aromatic N) is 2. The second-order valence-corrected chi connectivity index (χ2v) is 8.58. The van der Waals surface area contributed by atoms with Crippen molar-refractivity contribution >= 4 is 27.3 Å². The van der Waals surface area contributed by atoms with Crippen molar-refractivity contribution in [2.24, 2.45) is 0 Å². The molecule has 0 unspecified atom stereocenters. The number of anilines is 2. The summed E-state index contributed by atoms with van der Waals surface area (Å²) in [5.74, 6) is -0.279. The molecule has 0 radical (unpaired) electrons. The predicted octanol–water partition coefficient (Wildman–Crippen LogP) is 2.87. The zero-order valence-electron chi connectivity index (χ0n) is 16.7. The summed E-state index contributed by atoms with van der Waals surface area (Å²) >= 11 is 0. The van der Waals surface area contributed by atoms with E-state index >= 15 is 0 Å². The van der Waals surface area contributed by atoms with Crippen molar-refractivity contribution in [2.75, 3.05) is 35.6 Å². The molecule has 1 N–H and O–H groups in total. The lowest BCUT2D eigenvalue weighted by atomic mass is 10.2. The van der Waals surface area contributed by atoms with Crippen LogP contribution in [0.25, 0.3) is 0 Å². The average molecular weight is 404 g/mol. The van der Waals surface area contributed by atoms with Gasteiger partial charge in [-0.2, -0.15) is 0 Å². The minimum atomic E-state index is -3.59. The number of para-hydroxylation sites is 2. The molecule has 28 heavy (non-hydrogen) atoms. The fourth-order valence-electron chi connectivity index (χ4n) is 3.09. The number of hydrogen-bond acceptors (Lipinski definition) is 4. The minimum Gasteiger partial charge on any atom is -0.375 e. The zero-order valence-corrected chi connectivity index (χ0v) is 17.5. The SMILES string of the molecule is CC[C@H](C(=O)NCCCN(C)c1ccccc1)N(c1ccccc1)S(C)(=O)=O. The van der Waals surface area contributed by atoms with E-state index in [0.717, 1.165) is 24.9 Å². The van der Waals surface area contributed by atoms with Crippen molar-refractivity contribution in [1.29, 1.82) is 0 Å². The van der Waals surface area contributed by atoms with Crippen molar-refractivity contribution in [3.8, 4) is 0 Å². The van der Waals surface area contributed by atoms with Crippen LogP contribution >= 0.6 is 0 Å². The Hall–Kier alpha value is -2.54. The lowest BCUT2D eigenvalue weighted by molar-refractivity contribution is -0.122. The summed E-state index contributed by atoms with van der Waals surface area (Å²) in [6, 6.07) is 18.0. The Bertz CT molecular complexity index is 842. The molecule has 0 aliphatic heterocycles. The van der Waals surface area contributed by atoms with E-state index in [-0.39, 0.29) is 5.91 Å². The highest BCUT2D eigenvalue weighted by atomic mass is 32.2. The average Bonchev–Trinajstić information content (AvgIpc) is 2.69. The minimum absolute atomic E-state index is 0.279. The molecule has 0 bridgehead atoms. The Morgan fingerprint density at radius 2 is 1.54 bits per heavy atom. The van der Waals surface area contributed by atoms with Crippen LogP contribution in [0.3, 0.4) is 0 Å². The van der Waals surface area contributed by atoms with Gasteiger partial charge in [-0.3, -0.25) is 9.10 Å². The first-order valence-corrected chi connectivity index (χ1v) is 11.3. The molecule has 6 nitrogen and oxygen atoms in total. The first-order chi connectivity index (χ1) is 13.3. The van der Waals surface area contributed by atoms with E-state index in [1.54, 1.807) is 24.3 Å². The summed E-state index contributed by atoms with van der Waals surface area (Å²) in [4.78, 5) is 14.8. The number of rotatable bonds is 10. The summed E-state index contributed by atoms with van der Waals surface area (Å²) in [5.41, 5.74) is 1.61. The molecule has 2 aromatic carbocycles. The predicted molar refractivity (Wildman–Crippen MR) is 115 cm³/mol. The van der Waals surface area contributed by atoms with Gasteiger partial charge in [0.05, 0.1) is 11.9 Å².